The van der Waals surface area contributed by atoms with E-state index >= 15 is 0 Å². The van der Waals surface area contributed by atoms with Gasteiger partial charge in [-0.2, -0.15) is 0 Å². The van der Waals surface area contributed by atoms with Crippen molar-refractivity contribution < 1.29 is 24.2 Å². The van der Waals surface area contributed by atoms with Crippen molar-refractivity contribution in [1.29, 1.82) is 0 Å². The summed E-state index contributed by atoms with van der Waals surface area (Å²) in [7, 11) is 0. The van der Waals surface area contributed by atoms with Crippen LogP contribution in [0, 0.1) is 3.57 Å². The van der Waals surface area contributed by atoms with E-state index in [9.17, 15) is 9.59 Å². The van der Waals surface area contributed by atoms with Crippen LogP contribution < -0.4 is 0 Å². The highest BCUT2D eigenvalue weighted by Gasteiger charge is 2.17. The Hall–Kier alpha value is -1.15. The van der Waals surface area contributed by atoms with Gasteiger partial charge in [-0.05, 0) is 53.6 Å². The number of halogens is 1. The summed E-state index contributed by atoms with van der Waals surface area (Å²) >= 11 is 2.02. The zero-order chi connectivity index (χ0) is 15.8. The van der Waals surface area contributed by atoms with Crippen molar-refractivity contribution in [2.24, 2.45) is 0 Å². The van der Waals surface area contributed by atoms with E-state index in [4.69, 9.17) is 14.6 Å². The Kier molecular flexibility index (Phi) is 7.66. The summed E-state index contributed by atoms with van der Waals surface area (Å²) in [5.41, 5.74) is 0.594. The minimum absolute atomic E-state index is 0.0716. The lowest BCUT2D eigenvalue weighted by molar-refractivity contribution is 0.0284. The molecule has 0 aliphatic carbocycles. The molecule has 6 heteroatoms. The number of rotatable bonds is 7. The molecule has 0 amide bonds. The molecule has 0 aliphatic rings. The van der Waals surface area contributed by atoms with Crippen LogP contribution in [0.5, 0.6) is 0 Å². The fourth-order valence-electron chi connectivity index (χ4n) is 1.72. The van der Waals surface area contributed by atoms with Crippen molar-refractivity contribution in [2.45, 2.75) is 32.8 Å². The van der Waals surface area contributed by atoms with Gasteiger partial charge in [0.2, 0.25) is 0 Å². The van der Waals surface area contributed by atoms with Gasteiger partial charge >= 0.3 is 11.9 Å². The van der Waals surface area contributed by atoms with Crippen molar-refractivity contribution in [1.82, 2.24) is 0 Å². The van der Waals surface area contributed by atoms with E-state index in [-0.39, 0.29) is 24.9 Å². The first-order chi connectivity index (χ1) is 10.0. The summed E-state index contributed by atoms with van der Waals surface area (Å²) in [6.45, 7) is 3.60. The molecule has 0 fully saturated rings. The van der Waals surface area contributed by atoms with Gasteiger partial charge in [-0.3, -0.25) is 0 Å². The van der Waals surface area contributed by atoms with Crippen LogP contribution in [-0.2, 0) is 9.47 Å². The average Bonchev–Trinajstić information content (AvgIpc) is 2.49. The maximum Gasteiger partial charge on any atom is 0.338 e. The Morgan fingerprint density at radius 2 is 1.71 bits per heavy atom. The molecule has 0 atom stereocenters. The lowest BCUT2D eigenvalue weighted by atomic mass is 10.1. The molecule has 0 heterocycles. The van der Waals surface area contributed by atoms with Crippen LogP contribution in [0.4, 0.5) is 0 Å². The van der Waals surface area contributed by atoms with Gasteiger partial charge in [0.25, 0.3) is 0 Å². The third kappa shape index (κ3) is 5.62. The first kappa shape index (κ1) is 17.9. The zero-order valence-corrected chi connectivity index (χ0v) is 14.3. The summed E-state index contributed by atoms with van der Waals surface area (Å²) in [5.74, 6) is -1.02. The summed E-state index contributed by atoms with van der Waals surface area (Å²) in [6.07, 6.45) is 1.37. The number of carbonyl (C=O) groups excluding carboxylic acids is 2. The summed E-state index contributed by atoms with van der Waals surface area (Å²) in [6, 6.07) is 4.73. The van der Waals surface area contributed by atoms with Crippen LogP contribution >= 0.6 is 22.6 Å². The molecule has 0 saturated heterocycles. The minimum Gasteiger partial charge on any atom is -0.460 e. The van der Waals surface area contributed by atoms with E-state index in [1.807, 2.05) is 36.4 Å². The number of hydrogen-bond acceptors (Lipinski definition) is 5. The molecule has 1 aromatic carbocycles. The lowest BCUT2D eigenvalue weighted by Crippen LogP contribution is -2.17. The second-order valence-electron chi connectivity index (χ2n) is 4.43. The maximum absolute atomic E-state index is 12.1. The quantitative estimate of drug-likeness (QED) is 0.557. The van der Waals surface area contributed by atoms with Crippen molar-refractivity contribution in [3.05, 3.63) is 32.9 Å². The topological polar surface area (TPSA) is 72.8 Å². The number of esters is 2. The van der Waals surface area contributed by atoms with Crippen LogP contribution in [-0.4, -0.2) is 36.4 Å². The van der Waals surface area contributed by atoms with E-state index in [0.29, 0.717) is 5.56 Å². The van der Waals surface area contributed by atoms with Gasteiger partial charge in [0.15, 0.2) is 0 Å². The van der Waals surface area contributed by atoms with E-state index in [1.165, 1.54) is 6.07 Å². The molecule has 0 radical (unpaired) electrons. The largest absolute Gasteiger partial charge is 0.460 e. The highest BCUT2D eigenvalue weighted by Crippen LogP contribution is 2.16. The molecule has 21 heavy (non-hydrogen) atoms. The van der Waals surface area contributed by atoms with E-state index in [2.05, 4.69) is 0 Å². The second-order valence-corrected chi connectivity index (χ2v) is 5.68. The van der Waals surface area contributed by atoms with Crippen LogP contribution in [0.2, 0.25) is 0 Å². The normalized spacial score (nSPS) is 10.5. The lowest BCUT2D eigenvalue weighted by Gasteiger charge is -2.14. The summed E-state index contributed by atoms with van der Waals surface area (Å²) < 4.78 is 11.0. The number of aliphatic hydroxyl groups is 1. The third-order valence-corrected chi connectivity index (χ3v) is 3.50. The Bertz CT molecular complexity index is 497. The fourth-order valence-corrected chi connectivity index (χ4v) is 2.39. The zero-order valence-electron chi connectivity index (χ0n) is 12.1. The van der Waals surface area contributed by atoms with E-state index in [0.717, 1.165) is 16.4 Å². The SMILES string of the molecule is CCC(CC)OC(=O)c1cc(I)cc(C(=O)OCCO)c1. The van der Waals surface area contributed by atoms with Crippen molar-refractivity contribution in [3.8, 4) is 0 Å². The molecule has 1 rings (SSSR count). The molecule has 0 spiro atoms. The average molecular weight is 406 g/mol. The Morgan fingerprint density at radius 3 is 2.24 bits per heavy atom. The molecular formula is C15H19IO5. The molecule has 0 aliphatic heterocycles. The van der Waals surface area contributed by atoms with E-state index < -0.39 is 11.9 Å². The maximum atomic E-state index is 12.1. The number of hydrogen-bond donors (Lipinski definition) is 1. The molecule has 0 unspecified atom stereocenters. The molecule has 5 nitrogen and oxygen atoms in total. The van der Waals surface area contributed by atoms with Crippen molar-refractivity contribution >= 4 is 34.5 Å². The molecule has 0 aromatic heterocycles. The predicted molar refractivity (Wildman–Crippen MR) is 86.3 cm³/mol. The molecule has 1 N–H and O–H groups in total. The molecule has 1 aromatic rings. The van der Waals surface area contributed by atoms with Gasteiger partial charge in [-0.1, -0.05) is 13.8 Å². The number of carbonyl (C=O) groups is 2. The second kappa shape index (κ2) is 8.99. The van der Waals surface area contributed by atoms with Crippen LogP contribution in [0.3, 0.4) is 0 Å². The van der Waals surface area contributed by atoms with Crippen molar-refractivity contribution in [2.75, 3.05) is 13.2 Å². The molecule has 0 bridgehead atoms. The van der Waals surface area contributed by atoms with E-state index in [1.54, 1.807) is 12.1 Å². The highest BCUT2D eigenvalue weighted by atomic mass is 127. The molecule has 116 valence electrons. The first-order valence-corrected chi connectivity index (χ1v) is 7.89. The number of benzene rings is 1. The fraction of sp³-hybridized carbons (Fsp3) is 0.467. The number of aliphatic hydroxyl groups excluding tert-OH is 1. The number of ether oxygens (including phenoxy) is 2. The summed E-state index contributed by atoms with van der Waals surface area (Å²) in [5, 5.41) is 8.66. The molecule has 0 saturated carbocycles. The first-order valence-electron chi connectivity index (χ1n) is 6.81. The minimum atomic E-state index is -0.570. The van der Waals surface area contributed by atoms with Gasteiger partial charge in [-0.15, -0.1) is 0 Å². The predicted octanol–water partition coefficient (Wildman–Crippen LogP) is 2.79. The van der Waals surface area contributed by atoms with Gasteiger partial charge in [-0.25, -0.2) is 9.59 Å². The van der Waals surface area contributed by atoms with Gasteiger partial charge in [0, 0.05) is 3.57 Å². The Morgan fingerprint density at radius 1 is 1.14 bits per heavy atom. The highest BCUT2D eigenvalue weighted by molar-refractivity contribution is 14.1. The van der Waals surface area contributed by atoms with Gasteiger partial charge in [0.1, 0.15) is 12.7 Å². The smallest absolute Gasteiger partial charge is 0.338 e. The van der Waals surface area contributed by atoms with Gasteiger partial charge < -0.3 is 14.6 Å². The van der Waals surface area contributed by atoms with Crippen LogP contribution in [0.25, 0.3) is 0 Å². The monoisotopic (exact) mass is 406 g/mol. The van der Waals surface area contributed by atoms with Crippen LogP contribution in [0.1, 0.15) is 47.4 Å². The third-order valence-electron chi connectivity index (χ3n) is 2.88. The van der Waals surface area contributed by atoms with Crippen molar-refractivity contribution in [3.63, 3.8) is 0 Å². The Labute approximate surface area is 137 Å². The summed E-state index contributed by atoms with van der Waals surface area (Å²) in [4.78, 5) is 23.9. The Balaban J connectivity index is 2.90. The molecular weight excluding hydrogens is 387 g/mol. The standard InChI is InChI=1S/C15H19IO5/c1-3-13(4-2)21-15(19)11-7-10(8-12(16)9-11)14(18)20-6-5-17/h7-9,13,17H,3-6H2,1-2H3. The van der Waals surface area contributed by atoms with Gasteiger partial charge in [0.05, 0.1) is 17.7 Å². The van der Waals surface area contributed by atoms with Crippen LogP contribution in [0.15, 0.2) is 18.2 Å².